The maximum absolute atomic E-state index is 11.4. The minimum absolute atomic E-state index is 0.356. The van der Waals surface area contributed by atoms with Gasteiger partial charge in [-0.1, -0.05) is 37.3 Å². The molecule has 1 amide bonds. The van der Waals surface area contributed by atoms with Crippen molar-refractivity contribution >= 4 is 5.91 Å². The van der Waals surface area contributed by atoms with Crippen molar-refractivity contribution in [2.75, 3.05) is 6.54 Å². The summed E-state index contributed by atoms with van der Waals surface area (Å²) in [5.41, 5.74) is 5.52. The summed E-state index contributed by atoms with van der Waals surface area (Å²) in [7, 11) is 0. The summed E-state index contributed by atoms with van der Waals surface area (Å²) in [6, 6.07) is 9.50. The zero-order valence-corrected chi connectivity index (χ0v) is 8.58. The Balaban J connectivity index is 3.06. The van der Waals surface area contributed by atoms with Crippen LogP contribution in [-0.2, 0) is 10.3 Å². The molecule has 0 saturated carbocycles. The molecule has 76 valence electrons. The van der Waals surface area contributed by atoms with Gasteiger partial charge in [-0.15, -0.1) is 0 Å². The van der Waals surface area contributed by atoms with E-state index in [1.54, 1.807) is 6.92 Å². The largest absolute Gasteiger partial charge is 0.368 e. The molecule has 0 aromatic heterocycles. The van der Waals surface area contributed by atoms with Gasteiger partial charge in [0.05, 0.1) is 0 Å². The number of carbonyl (C=O) groups is 1. The van der Waals surface area contributed by atoms with Gasteiger partial charge in [-0.2, -0.15) is 0 Å². The minimum atomic E-state index is -0.768. The molecule has 3 heteroatoms. The molecule has 1 aromatic rings. The van der Waals surface area contributed by atoms with Crippen LogP contribution in [0.1, 0.15) is 19.4 Å². The van der Waals surface area contributed by atoms with Crippen molar-refractivity contribution in [2.24, 2.45) is 5.73 Å². The number of nitrogens with one attached hydrogen (secondary N) is 1. The third-order valence-electron chi connectivity index (χ3n) is 2.37. The molecule has 3 nitrogen and oxygen atoms in total. The van der Waals surface area contributed by atoms with E-state index in [9.17, 15) is 4.79 Å². The number of benzene rings is 1. The first-order chi connectivity index (χ1) is 6.61. The van der Waals surface area contributed by atoms with Crippen LogP contribution < -0.4 is 11.1 Å². The van der Waals surface area contributed by atoms with Gasteiger partial charge in [0.1, 0.15) is 5.54 Å². The second-order valence-corrected chi connectivity index (χ2v) is 3.39. The highest BCUT2D eigenvalue weighted by Gasteiger charge is 2.31. The van der Waals surface area contributed by atoms with E-state index in [0.29, 0.717) is 6.54 Å². The van der Waals surface area contributed by atoms with Crippen molar-refractivity contribution in [2.45, 2.75) is 19.4 Å². The first-order valence-corrected chi connectivity index (χ1v) is 4.71. The van der Waals surface area contributed by atoms with E-state index >= 15 is 0 Å². The van der Waals surface area contributed by atoms with Gasteiger partial charge in [0.2, 0.25) is 5.91 Å². The van der Waals surface area contributed by atoms with Crippen LogP contribution in [0.15, 0.2) is 30.3 Å². The second-order valence-electron chi connectivity index (χ2n) is 3.39. The number of rotatable bonds is 4. The molecule has 0 bridgehead atoms. The predicted molar refractivity (Wildman–Crippen MR) is 56.7 cm³/mol. The molecule has 0 radical (unpaired) electrons. The van der Waals surface area contributed by atoms with E-state index in [1.807, 2.05) is 37.3 Å². The first-order valence-electron chi connectivity index (χ1n) is 4.71. The molecule has 0 aliphatic carbocycles. The summed E-state index contributed by atoms with van der Waals surface area (Å²) in [5.74, 6) is -0.356. The van der Waals surface area contributed by atoms with E-state index in [1.165, 1.54) is 0 Å². The van der Waals surface area contributed by atoms with Gasteiger partial charge in [-0.3, -0.25) is 4.79 Å². The van der Waals surface area contributed by atoms with Gasteiger partial charge in [0.15, 0.2) is 0 Å². The number of hydrogen-bond acceptors (Lipinski definition) is 2. The Labute approximate surface area is 84.3 Å². The fourth-order valence-corrected chi connectivity index (χ4v) is 1.46. The molecule has 0 saturated heterocycles. The Kier molecular flexibility index (Phi) is 3.25. The molecule has 0 spiro atoms. The lowest BCUT2D eigenvalue weighted by Gasteiger charge is -2.27. The average Bonchev–Trinajstić information content (AvgIpc) is 2.19. The van der Waals surface area contributed by atoms with Crippen molar-refractivity contribution < 1.29 is 4.79 Å². The second kappa shape index (κ2) is 4.24. The monoisotopic (exact) mass is 192 g/mol. The smallest absolute Gasteiger partial charge is 0.242 e. The molecule has 0 aliphatic rings. The van der Waals surface area contributed by atoms with Gasteiger partial charge < -0.3 is 11.1 Å². The zero-order valence-electron chi connectivity index (χ0n) is 8.58. The van der Waals surface area contributed by atoms with Crippen LogP contribution >= 0.6 is 0 Å². The quantitative estimate of drug-likeness (QED) is 0.747. The summed E-state index contributed by atoms with van der Waals surface area (Å²) in [4.78, 5) is 11.4. The van der Waals surface area contributed by atoms with E-state index in [4.69, 9.17) is 5.73 Å². The lowest BCUT2D eigenvalue weighted by Crippen LogP contribution is -2.50. The molecule has 1 unspecified atom stereocenters. The van der Waals surface area contributed by atoms with Gasteiger partial charge in [-0.25, -0.2) is 0 Å². The Morgan fingerprint density at radius 1 is 1.43 bits per heavy atom. The van der Waals surface area contributed by atoms with Crippen LogP contribution in [-0.4, -0.2) is 12.5 Å². The van der Waals surface area contributed by atoms with Crippen molar-refractivity contribution in [3.63, 3.8) is 0 Å². The summed E-state index contributed by atoms with van der Waals surface area (Å²) in [6.45, 7) is 4.45. The molecule has 0 aliphatic heterocycles. The highest BCUT2D eigenvalue weighted by Crippen LogP contribution is 2.19. The number of hydrogen-bond donors (Lipinski definition) is 2. The van der Waals surface area contributed by atoms with Crippen LogP contribution in [0, 0.1) is 0 Å². The Bertz CT molecular complexity index is 310. The summed E-state index contributed by atoms with van der Waals surface area (Å²) in [6.07, 6.45) is 0. The van der Waals surface area contributed by atoms with E-state index < -0.39 is 5.54 Å². The third kappa shape index (κ3) is 1.93. The number of primary amides is 1. The molecular formula is C11H16N2O. The van der Waals surface area contributed by atoms with Gasteiger partial charge in [0, 0.05) is 0 Å². The molecule has 1 aromatic carbocycles. The van der Waals surface area contributed by atoms with E-state index in [2.05, 4.69) is 5.32 Å². The van der Waals surface area contributed by atoms with Gasteiger partial charge in [0.25, 0.3) is 0 Å². The lowest BCUT2D eigenvalue weighted by molar-refractivity contribution is -0.124. The van der Waals surface area contributed by atoms with Crippen molar-refractivity contribution in [1.82, 2.24) is 5.32 Å². The number of carbonyl (C=O) groups excluding carboxylic acids is 1. The standard InChI is InChI=1S/C11H16N2O/c1-3-13-11(2,10(12)14)9-7-5-4-6-8-9/h4-8,13H,3H2,1-2H3,(H2,12,14). The van der Waals surface area contributed by atoms with E-state index in [0.717, 1.165) is 5.56 Å². The molecule has 3 N–H and O–H groups in total. The fourth-order valence-electron chi connectivity index (χ4n) is 1.46. The zero-order chi connectivity index (χ0) is 10.6. The van der Waals surface area contributed by atoms with Crippen molar-refractivity contribution in [3.8, 4) is 0 Å². The molecule has 14 heavy (non-hydrogen) atoms. The van der Waals surface area contributed by atoms with Crippen molar-refractivity contribution in [1.29, 1.82) is 0 Å². The Morgan fingerprint density at radius 2 is 2.00 bits per heavy atom. The maximum Gasteiger partial charge on any atom is 0.242 e. The number of amides is 1. The van der Waals surface area contributed by atoms with Gasteiger partial charge in [-0.05, 0) is 19.0 Å². The minimum Gasteiger partial charge on any atom is -0.368 e. The molecule has 0 fully saturated rings. The van der Waals surface area contributed by atoms with Crippen molar-refractivity contribution in [3.05, 3.63) is 35.9 Å². The third-order valence-corrected chi connectivity index (χ3v) is 2.37. The fraction of sp³-hybridized carbons (Fsp3) is 0.364. The average molecular weight is 192 g/mol. The normalized spacial score (nSPS) is 14.7. The topological polar surface area (TPSA) is 55.1 Å². The Hall–Kier alpha value is -1.35. The van der Waals surface area contributed by atoms with Crippen LogP contribution in [0.3, 0.4) is 0 Å². The molecule has 0 heterocycles. The maximum atomic E-state index is 11.4. The Morgan fingerprint density at radius 3 is 2.43 bits per heavy atom. The summed E-state index contributed by atoms with van der Waals surface area (Å²) in [5, 5.41) is 3.10. The predicted octanol–water partition coefficient (Wildman–Crippen LogP) is 0.997. The first kappa shape index (κ1) is 10.7. The van der Waals surface area contributed by atoms with Gasteiger partial charge >= 0.3 is 0 Å². The molecule has 1 atom stereocenters. The SMILES string of the molecule is CCNC(C)(C(N)=O)c1ccccc1. The highest BCUT2D eigenvalue weighted by molar-refractivity contribution is 5.85. The van der Waals surface area contributed by atoms with Crippen LogP contribution in [0.2, 0.25) is 0 Å². The van der Waals surface area contributed by atoms with E-state index in [-0.39, 0.29) is 5.91 Å². The number of likely N-dealkylation sites (N-methyl/N-ethyl adjacent to an activating group) is 1. The summed E-state index contributed by atoms with van der Waals surface area (Å²) < 4.78 is 0. The van der Waals surface area contributed by atoms with Crippen LogP contribution in [0.4, 0.5) is 0 Å². The highest BCUT2D eigenvalue weighted by atomic mass is 16.1. The number of nitrogens with two attached hydrogens (primary N) is 1. The van der Waals surface area contributed by atoms with Crippen LogP contribution in [0.25, 0.3) is 0 Å². The lowest BCUT2D eigenvalue weighted by atomic mass is 9.91. The van der Waals surface area contributed by atoms with Crippen LogP contribution in [0.5, 0.6) is 0 Å². The summed E-state index contributed by atoms with van der Waals surface area (Å²) >= 11 is 0. The molecule has 1 rings (SSSR count). The molecular weight excluding hydrogens is 176 g/mol.